The van der Waals surface area contributed by atoms with Gasteiger partial charge in [-0.3, -0.25) is 4.79 Å². The third kappa shape index (κ3) is 3.13. The Morgan fingerprint density at radius 3 is 2.89 bits per heavy atom. The number of piperidine rings is 1. The molecule has 1 saturated heterocycles. The van der Waals surface area contributed by atoms with Crippen LogP contribution in [0.5, 0.6) is 0 Å². The largest absolute Gasteiger partial charge is 0.550 e. The first-order chi connectivity index (χ1) is 9.11. The fourth-order valence-electron chi connectivity index (χ4n) is 2.69. The first-order valence-corrected chi connectivity index (χ1v) is 6.51. The van der Waals surface area contributed by atoms with E-state index in [0.29, 0.717) is 19.5 Å². The molecule has 0 radical (unpaired) electrons. The molecule has 0 aliphatic carbocycles. The van der Waals surface area contributed by atoms with Crippen molar-refractivity contribution in [1.82, 2.24) is 10.1 Å². The van der Waals surface area contributed by atoms with Gasteiger partial charge in [-0.25, -0.2) is 0 Å². The van der Waals surface area contributed by atoms with Crippen molar-refractivity contribution in [2.45, 2.75) is 26.2 Å². The van der Waals surface area contributed by atoms with Crippen molar-refractivity contribution in [3.05, 3.63) is 18.0 Å². The zero-order valence-electron chi connectivity index (χ0n) is 10.9. The summed E-state index contributed by atoms with van der Waals surface area (Å²) < 4.78 is 4.86. The fraction of sp³-hybridized carbons (Fsp3) is 0.615. The Bertz CT molecular complexity index is 444. The Labute approximate surface area is 111 Å². The van der Waals surface area contributed by atoms with E-state index in [4.69, 9.17) is 4.52 Å². The lowest BCUT2D eigenvalue weighted by atomic mass is 9.81. The van der Waals surface area contributed by atoms with Crippen molar-refractivity contribution in [3.8, 4) is 0 Å². The molecule has 0 aromatic carbocycles. The van der Waals surface area contributed by atoms with Gasteiger partial charge in [0.15, 0.2) is 0 Å². The predicted molar refractivity (Wildman–Crippen MR) is 63.9 cm³/mol. The van der Waals surface area contributed by atoms with Crippen LogP contribution >= 0.6 is 0 Å². The highest BCUT2D eigenvalue weighted by atomic mass is 16.5. The molecule has 6 nitrogen and oxygen atoms in total. The van der Waals surface area contributed by atoms with Gasteiger partial charge in [-0.15, -0.1) is 0 Å². The summed E-state index contributed by atoms with van der Waals surface area (Å²) in [4.78, 5) is 24.5. The second-order valence-electron chi connectivity index (χ2n) is 4.92. The SMILES string of the molecule is CC[C@H]1CN(C(=O)c2ccno2)CC[C@H]1CC(=O)[O-]. The molecule has 0 unspecified atom stereocenters. The summed E-state index contributed by atoms with van der Waals surface area (Å²) in [5.41, 5.74) is 0. The molecule has 0 spiro atoms. The van der Waals surface area contributed by atoms with Crippen LogP contribution in [0.25, 0.3) is 0 Å². The minimum Gasteiger partial charge on any atom is -0.550 e. The molecule has 0 saturated carbocycles. The van der Waals surface area contributed by atoms with Gasteiger partial charge in [-0.05, 0) is 24.7 Å². The molecular weight excluding hydrogens is 248 g/mol. The average molecular weight is 265 g/mol. The van der Waals surface area contributed by atoms with Crippen LogP contribution in [0.15, 0.2) is 16.8 Å². The molecule has 0 N–H and O–H groups in total. The van der Waals surface area contributed by atoms with Crippen molar-refractivity contribution >= 4 is 11.9 Å². The first-order valence-electron chi connectivity index (χ1n) is 6.51. The maximum Gasteiger partial charge on any atom is 0.292 e. The van der Waals surface area contributed by atoms with Gasteiger partial charge in [0.05, 0.1) is 6.20 Å². The molecule has 1 amide bonds. The smallest absolute Gasteiger partial charge is 0.292 e. The number of carboxylic acids is 1. The Morgan fingerprint density at radius 2 is 2.32 bits per heavy atom. The predicted octanol–water partition coefficient (Wildman–Crippen LogP) is 0.303. The Kier molecular flexibility index (Phi) is 4.19. The molecule has 1 fully saturated rings. The van der Waals surface area contributed by atoms with Gasteiger partial charge in [0.1, 0.15) is 0 Å². The van der Waals surface area contributed by atoms with Crippen LogP contribution in [0.4, 0.5) is 0 Å². The molecular formula is C13H17N2O4-. The minimum atomic E-state index is -1.02. The van der Waals surface area contributed by atoms with Crippen LogP contribution in [-0.2, 0) is 4.79 Å². The standard InChI is InChI=1S/C13H18N2O4/c1-2-9-8-15(6-4-10(9)7-12(16)17)13(18)11-3-5-14-19-11/h3,5,9-10H,2,4,6-8H2,1H3,(H,16,17)/p-1/t9-,10-/m0/s1. The van der Waals surface area contributed by atoms with Crippen LogP contribution in [0.1, 0.15) is 36.7 Å². The van der Waals surface area contributed by atoms with Crippen molar-refractivity contribution in [2.24, 2.45) is 11.8 Å². The van der Waals surface area contributed by atoms with Crippen molar-refractivity contribution in [1.29, 1.82) is 0 Å². The molecule has 2 heterocycles. The van der Waals surface area contributed by atoms with Crippen LogP contribution in [0.2, 0.25) is 0 Å². The zero-order chi connectivity index (χ0) is 13.8. The molecule has 0 bridgehead atoms. The van der Waals surface area contributed by atoms with Gasteiger partial charge >= 0.3 is 0 Å². The van der Waals surface area contributed by atoms with Gasteiger partial charge in [0.2, 0.25) is 5.76 Å². The van der Waals surface area contributed by atoms with Gasteiger partial charge < -0.3 is 19.3 Å². The van der Waals surface area contributed by atoms with Gasteiger partial charge in [-0.1, -0.05) is 18.5 Å². The van der Waals surface area contributed by atoms with Crippen LogP contribution in [-0.4, -0.2) is 35.0 Å². The Morgan fingerprint density at radius 1 is 1.53 bits per heavy atom. The molecule has 1 aromatic heterocycles. The van der Waals surface area contributed by atoms with Crippen LogP contribution in [0, 0.1) is 11.8 Å². The second-order valence-corrected chi connectivity index (χ2v) is 4.92. The fourth-order valence-corrected chi connectivity index (χ4v) is 2.69. The first kappa shape index (κ1) is 13.6. The molecule has 104 valence electrons. The molecule has 1 aliphatic heterocycles. The average Bonchev–Trinajstić information content (AvgIpc) is 2.91. The Hall–Kier alpha value is -1.85. The number of hydrogen-bond donors (Lipinski definition) is 0. The summed E-state index contributed by atoms with van der Waals surface area (Å²) in [5, 5.41) is 14.2. The maximum atomic E-state index is 12.1. The second kappa shape index (κ2) is 5.86. The minimum absolute atomic E-state index is 0.0723. The van der Waals surface area contributed by atoms with Crippen LogP contribution in [0.3, 0.4) is 0 Å². The van der Waals surface area contributed by atoms with E-state index in [0.717, 1.165) is 6.42 Å². The molecule has 19 heavy (non-hydrogen) atoms. The number of rotatable bonds is 4. The third-order valence-corrected chi connectivity index (χ3v) is 3.78. The maximum absolute atomic E-state index is 12.1. The lowest BCUT2D eigenvalue weighted by Gasteiger charge is -2.38. The number of amides is 1. The van der Waals surface area contributed by atoms with E-state index in [2.05, 4.69) is 5.16 Å². The van der Waals surface area contributed by atoms with Crippen LogP contribution < -0.4 is 5.11 Å². The lowest BCUT2D eigenvalue weighted by Crippen LogP contribution is -2.45. The lowest BCUT2D eigenvalue weighted by molar-refractivity contribution is -0.307. The highest BCUT2D eigenvalue weighted by molar-refractivity contribution is 5.91. The zero-order valence-corrected chi connectivity index (χ0v) is 10.9. The van der Waals surface area contributed by atoms with E-state index in [-0.39, 0.29) is 29.9 Å². The monoisotopic (exact) mass is 265 g/mol. The molecule has 2 rings (SSSR count). The Balaban J connectivity index is 2.00. The van der Waals surface area contributed by atoms with Gasteiger partial charge in [0, 0.05) is 25.1 Å². The summed E-state index contributed by atoms with van der Waals surface area (Å²) in [6.45, 7) is 3.12. The summed E-state index contributed by atoms with van der Waals surface area (Å²) in [6.07, 6.45) is 3.04. The summed E-state index contributed by atoms with van der Waals surface area (Å²) in [7, 11) is 0. The van der Waals surface area contributed by atoms with E-state index in [1.54, 1.807) is 4.90 Å². The van der Waals surface area contributed by atoms with Gasteiger partial charge in [0.25, 0.3) is 5.91 Å². The summed E-state index contributed by atoms with van der Waals surface area (Å²) in [5.74, 6) is -0.679. The van der Waals surface area contributed by atoms with E-state index >= 15 is 0 Å². The van der Waals surface area contributed by atoms with E-state index in [1.807, 2.05) is 6.92 Å². The van der Waals surface area contributed by atoms with E-state index in [9.17, 15) is 14.7 Å². The number of nitrogens with zero attached hydrogens (tertiary/aromatic N) is 2. The number of aliphatic carboxylic acids is 1. The summed E-state index contributed by atoms with van der Waals surface area (Å²) >= 11 is 0. The van der Waals surface area contributed by atoms with Crippen molar-refractivity contribution in [3.63, 3.8) is 0 Å². The highest BCUT2D eigenvalue weighted by Gasteiger charge is 2.31. The highest BCUT2D eigenvalue weighted by Crippen LogP contribution is 2.29. The van der Waals surface area contributed by atoms with Crippen molar-refractivity contribution in [2.75, 3.05) is 13.1 Å². The van der Waals surface area contributed by atoms with Crippen molar-refractivity contribution < 1.29 is 19.2 Å². The molecule has 2 atom stereocenters. The number of hydrogen-bond acceptors (Lipinski definition) is 5. The van der Waals surface area contributed by atoms with Gasteiger partial charge in [-0.2, -0.15) is 0 Å². The number of carboxylic acid groups (broad SMARTS) is 1. The van der Waals surface area contributed by atoms with E-state index < -0.39 is 5.97 Å². The normalized spacial score (nSPS) is 23.3. The number of carbonyl (C=O) groups is 2. The molecule has 1 aliphatic rings. The number of carbonyl (C=O) groups excluding carboxylic acids is 2. The number of likely N-dealkylation sites (tertiary alicyclic amines) is 1. The molecule has 1 aromatic rings. The quantitative estimate of drug-likeness (QED) is 0.781. The summed E-state index contributed by atoms with van der Waals surface area (Å²) in [6, 6.07) is 1.54. The topological polar surface area (TPSA) is 86.5 Å². The molecule has 6 heteroatoms. The van der Waals surface area contributed by atoms with E-state index in [1.165, 1.54) is 12.3 Å². The number of aromatic nitrogens is 1. The third-order valence-electron chi connectivity index (χ3n) is 3.78.